The fourth-order valence-corrected chi connectivity index (χ4v) is 3.23. The zero-order valence-electron chi connectivity index (χ0n) is 14.5. The Balaban J connectivity index is 1.40. The van der Waals surface area contributed by atoms with E-state index in [1.54, 1.807) is 18.2 Å². The van der Waals surface area contributed by atoms with Crippen LogP contribution in [0.1, 0.15) is 12.0 Å². The Kier molecular flexibility index (Phi) is 6.47. The molecule has 0 radical (unpaired) electrons. The maximum absolute atomic E-state index is 13.5. The Morgan fingerprint density at radius 2 is 1.85 bits per heavy atom. The average Bonchev–Trinajstić information content (AvgIpc) is 2.64. The lowest BCUT2D eigenvalue weighted by Gasteiger charge is -2.34. The number of amides is 1. The normalized spacial score (nSPS) is 15.1. The molecule has 0 unspecified atom stereocenters. The summed E-state index contributed by atoms with van der Waals surface area (Å²) < 4.78 is 18.8. The molecule has 0 saturated carbocycles. The maximum Gasteiger partial charge on any atom is 0.226 e. The van der Waals surface area contributed by atoms with Crippen LogP contribution in [0, 0.1) is 5.82 Å². The smallest absolute Gasteiger partial charge is 0.226 e. The lowest BCUT2D eigenvalue weighted by atomic mass is 10.2. The second kappa shape index (κ2) is 9.01. The van der Waals surface area contributed by atoms with Crippen molar-refractivity contribution in [3.63, 3.8) is 0 Å². The van der Waals surface area contributed by atoms with Gasteiger partial charge in [-0.05, 0) is 29.8 Å². The Morgan fingerprint density at radius 3 is 2.58 bits per heavy atom. The highest BCUT2D eigenvalue weighted by molar-refractivity contribution is 6.30. The van der Waals surface area contributed by atoms with Crippen molar-refractivity contribution in [2.75, 3.05) is 32.8 Å². The number of halogens is 2. The van der Waals surface area contributed by atoms with E-state index in [2.05, 4.69) is 11.0 Å². The van der Waals surface area contributed by atoms with Crippen molar-refractivity contribution in [3.8, 4) is 5.75 Å². The van der Waals surface area contributed by atoms with E-state index >= 15 is 0 Å². The Morgan fingerprint density at radius 1 is 1.08 bits per heavy atom. The predicted molar refractivity (Wildman–Crippen MR) is 99.8 cm³/mol. The van der Waals surface area contributed by atoms with E-state index in [4.69, 9.17) is 16.3 Å². The van der Waals surface area contributed by atoms with Crippen LogP contribution in [-0.4, -0.2) is 48.5 Å². The number of para-hydroxylation sites is 1. The van der Waals surface area contributed by atoms with Crippen molar-refractivity contribution in [1.29, 1.82) is 0 Å². The van der Waals surface area contributed by atoms with E-state index in [-0.39, 0.29) is 24.7 Å². The van der Waals surface area contributed by atoms with Crippen molar-refractivity contribution in [3.05, 3.63) is 64.9 Å². The molecule has 1 amide bonds. The van der Waals surface area contributed by atoms with Crippen molar-refractivity contribution in [1.82, 2.24) is 9.80 Å². The van der Waals surface area contributed by atoms with Gasteiger partial charge in [0.05, 0.1) is 13.0 Å². The summed E-state index contributed by atoms with van der Waals surface area (Å²) in [6.07, 6.45) is 0.253. The van der Waals surface area contributed by atoms with Gasteiger partial charge in [-0.3, -0.25) is 9.69 Å². The number of rotatable bonds is 6. The summed E-state index contributed by atoms with van der Waals surface area (Å²) in [5.74, 6) is -0.176. The van der Waals surface area contributed by atoms with Gasteiger partial charge < -0.3 is 9.64 Å². The summed E-state index contributed by atoms with van der Waals surface area (Å²) >= 11 is 6.02. The van der Waals surface area contributed by atoms with Gasteiger partial charge in [0.2, 0.25) is 5.91 Å². The first kappa shape index (κ1) is 18.7. The fourth-order valence-electron chi connectivity index (χ4n) is 3.02. The fraction of sp³-hybridized carbons (Fsp3) is 0.350. The van der Waals surface area contributed by atoms with Gasteiger partial charge in [-0.25, -0.2) is 4.39 Å². The second-order valence-corrected chi connectivity index (χ2v) is 6.75. The molecule has 1 fully saturated rings. The van der Waals surface area contributed by atoms with E-state index < -0.39 is 5.82 Å². The van der Waals surface area contributed by atoms with Crippen molar-refractivity contribution < 1.29 is 13.9 Å². The van der Waals surface area contributed by atoms with E-state index in [1.807, 2.05) is 23.1 Å². The molecule has 2 aromatic rings. The molecule has 6 heteroatoms. The summed E-state index contributed by atoms with van der Waals surface area (Å²) in [6, 6.07) is 14.1. The highest BCUT2D eigenvalue weighted by Crippen LogP contribution is 2.16. The van der Waals surface area contributed by atoms with E-state index in [0.717, 1.165) is 24.7 Å². The molecular formula is C20H22ClFN2O2. The summed E-state index contributed by atoms with van der Waals surface area (Å²) in [6.45, 7) is 4.05. The monoisotopic (exact) mass is 376 g/mol. The van der Waals surface area contributed by atoms with Crippen LogP contribution in [0.25, 0.3) is 0 Å². The molecular weight excluding hydrogens is 355 g/mol. The van der Waals surface area contributed by atoms with E-state index in [0.29, 0.717) is 13.1 Å². The number of piperazine rings is 1. The molecule has 0 aliphatic carbocycles. The Bertz CT molecular complexity index is 748. The van der Waals surface area contributed by atoms with Crippen LogP contribution in [0.15, 0.2) is 48.5 Å². The van der Waals surface area contributed by atoms with Gasteiger partial charge in [0, 0.05) is 37.7 Å². The van der Waals surface area contributed by atoms with Crippen LogP contribution in [0.3, 0.4) is 0 Å². The molecule has 0 N–H and O–H groups in total. The standard InChI is InChI=1S/C20H22ClFN2O2/c21-17-5-3-4-16(14-17)15-23-9-11-24(12-10-23)20(25)8-13-26-19-7-2-1-6-18(19)22/h1-7,14H,8-13,15H2. The molecule has 138 valence electrons. The summed E-state index contributed by atoms with van der Waals surface area (Å²) in [4.78, 5) is 16.5. The molecule has 0 atom stereocenters. The van der Waals surface area contributed by atoms with Gasteiger partial charge in [-0.2, -0.15) is 0 Å². The minimum atomic E-state index is -0.408. The highest BCUT2D eigenvalue weighted by Gasteiger charge is 2.21. The predicted octanol–water partition coefficient (Wildman–Crippen LogP) is 3.59. The minimum absolute atomic E-state index is 0.0451. The highest BCUT2D eigenvalue weighted by atomic mass is 35.5. The Hall–Kier alpha value is -2.11. The van der Waals surface area contributed by atoms with E-state index in [9.17, 15) is 9.18 Å². The molecule has 0 spiro atoms. The third kappa shape index (κ3) is 5.19. The van der Waals surface area contributed by atoms with Gasteiger partial charge in [0.1, 0.15) is 0 Å². The van der Waals surface area contributed by atoms with Crippen LogP contribution < -0.4 is 4.74 Å². The number of carbonyl (C=O) groups is 1. The zero-order valence-corrected chi connectivity index (χ0v) is 15.3. The Labute approximate surface area is 158 Å². The third-order valence-corrected chi connectivity index (χ3v) is 4.67. The molecule has 26 heavy (non-hydrogen) atoms. The quantitative estimate of drug-likeness (QED) is 0.772. The zero-order chi connectivity index (χ0) is 18.4. The topological polar surface area (TPSA) is 32.8 Å². The van der Waals surface area contributed by atoms with E-state index in [1.165, 1.54) is 11.6 Å². The number of hydrogen-bond acceptors (Lipinski definition) is 3. The van der Waals surface area contributed by atoms with Gasteiger partial charge in [0.25, 0.3) is 0 Å². The van der Waals surface area contributed by atoms with Crippen LogP contribution in [0.2, 0.25) is 5.02 Å². The molecule has 2 aromatic carbocycles. The molecule has 1 aliphatic heterocycles. The summed E-state index contributed by atoms with van der Waals surface area (Å²) in [5, 5.41) is 0.742. The van der Waals surface area contributed by atoms with Crippen LogP contribution >= 0.6 is 11.6 Å². The summed E-state index contributed by atoms with van der Waals surface area (Å²) in [5.41, 5.74) is 1.18. The largest absolute Gasteiger partial charge is 0.490 e. The van der Waals surface area contributed by atoms with Gasteiger partial charge in [-0.1, -0.05) is 35.9 Å². The maximum atomic E-state index is 13.5. The minimum Gasteiger partial charge on any atom is -0.490 e. The number of ether oxygens (including phenoxy) is 1. The van der Waals surface area contributed by atoms with Crippen molar-refractivity contribution in [2.45, 2.75) is 13.0 Å². The van der Waals surface area contributed by atoms with Crippen LogP contribution in [-0.2, 0) is 11.3 Å². The molecule has 1 saturated heterocycles. The number of benzene rings is 2. The van der Waals surface area contributed by atoms with Gasteiger partial charge in [-0.15, -0.1) is 0 Å². The van der Waals surface area contributed by atoms with Crippen molar-refractivity contribution in [2.24, 2.45) is 0 Å². The number of hydrogen-bond donors (Lipinski definition) is 0. The third-order valence-electron chi connectivity index (χ3n) is 4.43. The summed E-state index contributed by atoms with van der Waals surface area (Å²) in [7, 11) is 0. The molecule has 3 rings (SSSR count). The lowest BCUT2D eigenvalue weighted by Crippen LogP contribution is -2.48. The van der Waals surface area contributed by atoms with Crippen LogP contribution in [0.5, 0.6) is 5.75 Å². The second-order valence-electron chi connectivity index (χ2n) is 6.32. The molecule has 0 aromatic heterocycles. The van der Waals surface area contributed by atoms with Gasteiger partial charge >= 0.3 is 0 Å². The van der Waals surface area contributed by atoms with Gasteiger partial charge in [0.15, 0.2) is 11.6 Å². The first-order valence-corrected chi connectivity index (χ1v) is 9.11. The lowest BCUT2D eigenvalue weighted by molar-refractivity contribution is -0.133. The first-order valence-electron chi connectivity index (χ1n) is 8.74. The molecule has 4 nitrogen and oxygen atoms in total. The van der Waals surface area contributed by atoms with Crippen molar-refractivity contribution >= 4 is 17.5 Å². The first-order chi connectivity index (χ1) is 12.6. The molecule has 0 bridgehead atoms. The molecule has 1 aliphatic rings. The molecule has 1 heterocycles. The van der Waals surface area contributed by atoms with Crippen LogP contribution in [0.4, 0.5) is 4.39 Å². The average molecular weight is 377 g/mol. The SMILES string of the molecule is O=C(CCOc1ccccc1F)N1CCN(Cc2cccc(Cl)c2)CC1. The number of carbonyl (C=O) groups excluding carboxylic acids is 1. The number of nitrogens with zero attached hydrogens (tertiary/aromatic N) is 2.